The first-order valence-corrected chi connectivity index (χ1v) is 5.96. The van der Waals surface area contributed by atoms with Gasteiger partial charge in [-0.25, -0.2) is 0 Å². The number of hydrogen-bond acceptors (Lipinski definition) is 4. The summed E-state index contributed by atoms with van der Waals surface area (Å²) in [6.45, 7) is 0. The fourth-order valence-electron chi connectivity index (χ4n) is 1.21. The standard InChI is InChI=1S/C10H7Br2N3O/c11-7-1-2-10(9(12)3-7)15-5-8(16)4-13-14-6-15/h1-6,16H. The Morgan fingerprint density at radius 2 is 2.00 bits per heavy atom. The Labute approximate surface area is 109 Å². The van der Waals surface area contributed by atoms with E-state index in [1.807, 2.05) is 18.2 Å². The van der Waals surface area contributed by atoms with E-state index in [4.69, 9.17) is 0 Å². The van der Waals surface area contributed by atoms with Crippen LogP contribution < -0.4 is 4.90 Å². The van der Waals surface area contributed by atoms with Crippen molar-refractivity contribution in [2.75, 3.05) is 4.90 Å². The molecule has 0 atom stereocenters. The molecule has 1 aliphatic rings. The van der Waals surface area contributed by atoms with E-state index in [1.54, 1.807) is 4.90 Å². The van der Waals surface area contributed by atoms with Gasteiger partial charge in [0.1, 0.15) is 6.34 Å². The van der Waals surface area contributed by atoms with E-state index in [-0.39, 0.29) is 5.76 Å². The summed E-state index contributed by atoms with van der Waals surface area (Å²) in [4.78, 5) is 1.68. The van der Waals surface area contributed by atoms with Gasteiger partial charge < -0.3 is 10.0 Å². The highest BCUT2D eigenvalue weighted by molar-refractivity contribution is 9.11. The molecule has 6 heteroatoms. The van der Waals surface area contributed by atoms with Gasteiger partial charge in [0.15, 0.2) is 5.76 Å². The molecular formula is C10H7Br2N3O. The van der Waals surface area contributed by atoms with Crippen molar-refractivity contribution in [1.82, 2.24) is 0 Å². The fourth-order valence-corrected chi connectivity index (χ4v) is 2.46. The molecule has 1 N–H and O–H groups in total. The molecule has 0 radical (unpaired) electrons. The lowest BCUT2D eigenvalue weighted by atomic mass is 10.3. The minimum Gasteiger partial charge on any atom is -0.505 e. The molecule has 0 fully saturated rings. The van der Waals surface area contributed by atoms with E-state index < -0.39 is 0 Å². The third kappa shape index (κ3) is 2.51. The highest BCUT2D eigenvalue weighted by Gasteiger charge is 2.08. The largest absolute Gasteiger partial charge is 0.505 e. The highest BCUT2D eigenvalue weighted by atomic mass is 79.9. The normalized spacial score (nSPS) is 14.9. The summed E-state index contributed by atoms with van der Waals surface area (Å²) < 4.78 is 1.86. The molecule has 0 aromatic heterocycles. The minimum atomic E-state index is 0.0484. The number of nitrogens with zero attached hydrogens (tertiary/aromatic N) is 3. The molecule has 0 saturated heterocycles. The van der Waals surface area contributed by atoms with Gasteiger partial charge in [-0.3, -0.25) is 0 Å². The van der Waals surface area contributed by atoms with Crippen LogP contribution in [0.3, 0.4) is 0 Å². The number of aliphatic hydroxyl groups is 1. The zero-order chi connectivity index (χ0) is 11.5. The number of aliphatic hydroxyl groups excluding tert-OH is 1. The molecular weight excluding hydrogens is 338 g/mol. The van der Waals surface area contributed by atoms with Crippen LogP contribution in [-0.2, 0) is 0 Å². The summed E-state index contributed by atoms with van der Waals surface area (Å²) in [6, 6.07) is 5.72. The van der Waals surface area contributed by atoms with Gasteiger partial charge in [0, 0.05) is 8.95 Å². The van der Waals surface area contributed by atoms with Crippen molar-refractivity contribution in [3.05, 3.63) is 39.1 Å². The zero-order valence-electron chi connectivity index (χ0n) is 8.01. The third-order valence-electron chi connectivity index (χ3n) is 1.89. The van der Waals surface area contributed by atoms with Crippen LogP contribution in [0.1, 0.15) is 0 Å². The average molecular weight is 345 g/mol. The van der Waals surface area contributed by atoms with E-state index >= 15 is 0 Å². The Bertz CT molecular complexity index is 497. The third-order valence-corrected chi connectivity index (χ3v) is 3.02. The van der Waals surface area contributed by atoms with E-state index in [0.29, 0.717) is 0 Å². The quantitative estimate of drug-likeness (QED) is 0.848. The van der Waals surface area contributed by atoms with Gasteiger partial charge in [-0.2, -0.15) is 5.10 Å². The summed E-state index contributed by atoms with van der Waals surface area (Å²) in [6.07, 6.45) is 4.34. The fraction of sp³-hybridized carbons (Fsp3) is 0. The molecule has 2 rings (SSSR count). The number of rotatable bonds is 1. The maximum Gasteiger partial charge on any atom is 0.152 e. The number of anilines is 1. The van der Waals surface area contributed by atoms with E-state index in [9.17, 15) is 5.11 Å². The van der Waals surface area contributed by atoms with Crippen molar-refractivity contribution in [2.24, 2.45) is 10.2 Å². The first-order chi connectivity index (χ1) is 7.66. The molecule has 1 aromatic rings. The second-order valence-corrected chi connectivity index (χ2v) is 4.80. The molecule has 0 bridgehead atoms. The predicted molar refractivity (Wildman–Crippen MR) is 72.0 cm³/mol. The average Bonchev–Trinajstić information content (AvgIpc) is 2.43. The van der Waals surface area contributed by atoms with E-state index in [0.717, 1.165) is 14.6 Å². The van der Waals surface area contributed by atoms with Crippen molar-refractivity contribution < 1.29 is 5.11 Å². The Balaban J connectivity index is 2.41. The van der Waals surface area contributed by atoms with Crippen molar-refractivity contribution in [3.63, 3.8) is 0 Å². The Hall–Kier alpha value is -1.14. The maximum absolute atomic E-state index is 9.43. The molecule has 1 aliphatic heterocycles. The van der Waals surface area contributed by atoms with Crippen LogP contribution in [-0.4, -0.2) is 17.7 Å². The first-order valence-electron chi connectivity index (χ1n) is 4.37. The van der Waals surface area contributed by atoms with Crippen LogP contribution in [0.2, 0.25) is 0 Å². The Morgan fingerprint density at radius 1 is 1.19 bits per heavy atom. The summed E-state index contributed by atoms with van der Waals surface area (Å²) in [5.41, 5.74) is 0.865. The van der Waals surface area contributed by atoms with Gasteiger partial charge in [-0.1, -0.05) is 15.9 Å². The van der Waals surface area contributed by atoms with Crippen molar-refractivity contribution in [1.29, 1.82) is 0 Å². The zero-order valence-corrected chi connectivity index (χ0v) is 11.2. The lowest BCUT2D eigenvalue weighted by molar-refractivity contribution is 0.445. The molecule has 1 aromatic carbocycles. The van der Waals surface area contributed by atoms with E-state index in [2.05, 4.69) is 42.1 Å². The van der Waals surface area contributed by atoms with Crippen LogP contribution >= 0.6 is 31.9 Å². The van der Waals surface area contributed by atoms with Crippen LogP contribution in [0.15, 0.2) is 49.3 Å². The number of benzene rings is 1. The molecule has 0 spiro atoms. The Morgan fingerprint density at radius 3 is 2.75 bits per heavy atom. The summed E-state index contributed by atoms with van der Waals surface area (Å²) >= 11 is 6.82. The smallest absolute Gasteiger partial charge is 0.152 e. The molecule has 82 valence electrons. The van der Waals surface area contributed by atoms with Crippen LogP contribution in [0, 0.1) is 0 Å². The second kappa shape index (κ2) is 4.80. The first kappa shape index (κ1) is 11.3. The van der Waals surface area contributed by atoms with Gasteiger partial charge in [0.05, 0.1) is 18.1 Å². The molecule has 0 saturated carbocycles. The maximum atomic E-state index is 9.43. The van der Waals surface area contributed by atoms with Crippen LogP contribution in [0.5, 0.6) is 0 Å². The molecule has 0 aliphatic carbocycles. The van der Waals surface area contributed by atoms with Crippen molar-refractivity contribution >= 4 is 50.1 Å². The second-order valence-electron chi connectivity index (χ2n) is 3.03. The topological polar surface area (TPSA) is 48.2 Å². The lowest BCUT2D eigenvalue weighted by Crippen LogP contribution is -2.14. The lowest BCUT2D eigenvalue weighted by Gasteiger charge is -2.15. The van der Waals surface area contributed by atoms with Crippen LogP contribution in [0.4, 0.5) is 5.69 Å². The number of halogens is 2. The molecule has 1 heterocycles. The van der Waals surface area contributed by atoms with Crippen LogP contribution in [0.25, 0.3) is 0 Å². The summed E-state index contributed by atoms with van der Waals surface area (Å²) in [5.74, 6) is 0.0484. The molecule has 0 amide bonds. The highest BCUT2D eigenvalue weighted by Crippen LogP contribution is 2.29. The van der Waals surface area contributed by atoms with Crippen molar-refractivity contribution in [3.8, 4) is 0 Å². The monoisotopic (exact) mass is 343 g/mol. The SMILES string of the molecule is OC1=CN(c2ccc(Br)cc2Br)C=NN=C1. The van der Waals surface area contributed by atoms with Gasteiger partial charge in [0.2, 0.25) is 0 Å². The predicted octanol–water partition coefficient (Wildman–Crippen LogP) is 3.45. The molecule has 16 heavy (non-hydrogen) atoms. The molecule has 0 unspecified atom stereocenters. The summed E-state index contributed by atoms with van der Waals surface area (Å²) in [5, 5.41) is 16.8. The van der Waals surface area contributed by atoms with Gasteiger partial charge in [-0.05, 0) is 34.1 Å². The van der Waals surface area contributed by atoms with Crippen molar-refractivity contribution in [2.45, 2.75) is 0 Å². The summed E-state index contributed by atoms with van der Waals surface area (Å²) in [7, 11) is 0. The Kier molecular flexibility index (Phi) is 3.40. The molecule has 4 nitrogen and oxygen atoms in total. The minimum absolute atomic E-state index is 0.0484. The van der Waals surface area contributed by atoms with Gasteiger partial charge in [0.25, 0.3) is 0 Å². The van der Waals surface area contributed by atoms with Gasteiger partial charge >= 0.3 is 0 Å². The van der Waals surface area contributed by atoms with Gasteiger partial charge in [-0.15, -0.1) is 5.10 Å². The van der Waals surface area contributed by atoms with E-state index in [1.165, 1.54) is 18.8 Å². The number of allylic oxidation sites excluding steroid dienone is 1. The number of hydrogen-bond donors (Lipinski definition) is 1.